The van der Waals surface area contributed by atoms with Gasteiger partial charge in [0.1, 0.15) is 5.75 Å². The molecule has 1 aromatic carbocycles. The molecule has 0 unspecified atom stereocenters. The van der Waals surface area contributed by atoms with E-state index in [1.807, 2.05) is 18.5 Å². The van der Waals surface area contributed by atoms with Crippen molar-refractivity contribution in [2.75, 3.05) is 7.11 Å². The van der Waals surface area contributed by atoms with Gasteiger partial charge in [0.15, 0.2) is 0 Å². The highest BCUT2D eigenvalue weighted by atomic mass is 79.9. The zero-order valence-corrected chi connectivity index (χ0v) is 13.1. The van der Waals surface area contributed by atoms with Gasteiger partial charge in [0.05, 0.1) is 25.7 Å². The maximum Gasteiger partial charge on any atom is 0.123 e. The van der Waals surface area contributed by atoms with Crippen LogP contribution in [0.1, 0.15) is 24.1 Å². The molecule has 106 valence electrons. The van der Waals surface area contributed by atoms with Gasteiger partial charge < -0.3 is 14.6 Å². The van der Waals surface area contributed by atoms with Crippen molar-refractivity contribution >= 4 is 15.9 Å². The second-order valence-electron chi connectivity index (χ2n) is 5.15. The fourth-order valence-electron chi connectivity index (χ4n) is 2.19. The van der Waals surface area contributed by atoms with Crippen molar-refractivity contribution in [2.24, 2.45) is 0 Å². The first-order chi connectivity index (χ1) is 9.74. The van der Waals surface area contributed by atoms with E-state index in [1.165, 1.54) is 12.8 Å². The lowest BCUT2D eigenvalue weighted by Gasteiger charge is -2.09. The fraction of sp³-hybridized carbons (Fsp3) is 0.400. The van der Waals surface area contributed by atoms with Gasteiger partial charge in [0.25, 0.3) is 0 Å². The molecule has 0 radical (unpaired) electrons. The molecule has 4 nitrogen and oxygen atoms in total. The summed E-state index contributed by atoms with van der Waals surface area (Å²) in [6.45, 7) is 1.62. The third kappa shape index (κ3) is 3.41. The Morgan fingerprint density at radius 1 is 1.45 bits per heavy atom. The van der Waals surface area contributed by atoms with E-state index in [2.05, 4.69) is 43.1 Å². The second-order valence-corrected chi connectivity index (χ2v) is 6.06. The molecule has 5 heteroatoms. The Labute approximate surface area is 127 Å². The fourth-order valence-corrected chi connectivity index (χ4v) is 2.60. The minimum atomic E-state index is 0.713. The van der Waals surface area contributed by atoms with Crippen molar-refractivity contribution in [2.45, 2.75) is 32.0 Å². The standard InChI is InChI=1S/C15H18BrN3O/c1-20-15-5-2-12(16)6-11(15)8-19-9-14(18-10-19)7-17-13-3-4-13/h2,5-6,9-10,13,17H,3-4,7-8H2,1H3. The highest BCUT2D eigenvalue weighted by Gasteiger charge is 2.20. The average Bonchev–Trinajstić information content (AvgIpc) is 3.17. The van der Waals surface area contributed by atoms with E-state index in [0.29, 0.717) is 6.04 Å². The van der Waals surface area contributed by atoms with Crippen molar-refractivity contribution in [1.29, 1.82) is 0 Å². The summed E-state index contributed by atoms with van der Waals surface area (Å²) in [5.74, 6) is 0.902. The third-order valence-corrected chi connectivity index (χ3v) is 3.92. The Morgan fingerprint density at radius 2 is 2.30 bits per heavy atom. The van der Waals surface area contributed by atoms with E-state index in [4.69, 9.17) is 4.74 Å². The van der Waals surface area contributed by atoms with Crippen LogP contribution in [0.5, 0.6) is 5.75 Å². The lowest BCUT2D eigenvalue weighted by molar-refractivity contribution is 0.408. The number of aromatic nitrogens is 2. The Morgan fingerprint density at radius 3 is 3.05 bits per heavy atom. The average molecular weight is 336 g/mol. The van der Waals surface area contributed by atoms with Gasteiger partial charge in [-0.15, -0.1) is 0 Å². The molecule has 0 bridgehead atoms. The molecule has 0 amide bonds. The topological polar surface area (TPSA) is 39.1 Å². The van der Waals surface area contributed by atoms with E-state index < -0.39 is 0 Å². The number of hydrogen-bond donors (Lipinski definition) is 1. The molecule has 1 fully saturated rings. The molecule has 2 aromatic rings. The molecule has 1 saturated carbocycles. The summed E-state index contributed by atoms with van der Waals surface area (Å²) in [5, 5.41) is 3.47. The van der Waals surface area contributed by atoms with Crippen LogP contribution < -0.4 is 10.1 Å². The molecule has 1 aliphatic carbocycles. The van der Waals surface area contributed by atoms with Crippen molar-refractivity contribution in [3.8, 4) is 5.75 Å². The molecule has 20 heavy (non-hydrogen) atoms. The van der Waals surface area contributed by atoms with Gasteiger partial charge >= 0.3 is 0 Å². The van der Waals surface area contributed by atoms with E-state index >= 15 is 0 Å². The van der Waals surface area contributed by atoms with Gasteiger partial charge in [-0.2, -0.15) is 0 Å². The minimum Gasteiger partial charge on any atom is -0.496 e. The summed E-state index contributed by atoms with van der Waals surface area (Å²) in [6.07, 6.45) is 6.58. The monoisotopic (exact) mass is 335 g/mol. The summed E-state index contributed by atoms with van der Waals surface area (Å²) in [7, 11) is 1.70. The van der Waals surface area contributed by atoms with Crippen molar-refractivity contribution < 1.29 is 4.74 Å². The number of nitrogens with zero attached hydrogens (tertiary/aromatic N) is 2. The molecule has 1 aromatic heterocycles. The SMILES string of the molecule is COc1ccc(Br)cc1Cn1cnc(CNC2CC2)c1. The van der Waals surface area contributed by atoms with Crippen LogP contribution in [0.25, 0.3) is 0 Å². The Balaban J connectivity index is 1.68. The van der Waals surface area contributed by atoms with Gasteiger partial charge in [0.2, 0.25) is 0 Å². The number of imidazole rings is 1. The Hall–Kier alpha value is -1.33. The van der Waals surface area contributed by atoms with Gasteiger partial charge in [-0.1, -0.05) is 15.9 Å². The quantitative estimate of drug-likeness (QED) is 0.882. The van der Waals surface area contributed by atoms with E-state index in [9.17, 15) is 0 Å². The number of benzene rings is 1. The zero-order valence-electron chi connectivity index (χ0n) is 11.5. The first-order valence-electron chi connectivity index (χ1n) is 6.81. The number of halogens is 1. The predicted molar refractivity (Wildman–Crippen MR) is 81.9 cm³/mol. The van der Waals surface area contributed by atoms with E-state index in [-0.39, 0.29) is 0 Å². The molecule has 1 heterocycles. The van der Waals surface area contributed by atoms with Crippen LogP contribution in [0, 0.1) is 0 Å². The summed E-state index contributed by atoms with van der Waals surface area (Å²) in [4.78, 5) is 4.44. The van der Waals surface area contributed by atoms with Crippen LogP contribution in [0.15, 0.2) is 35.2 Å². The number of hydrogen-bond acceptors (Lipinski definition) is 3. The molecule has 1 N–H and O–H groups in total. The molecule has 0 atom stereocenters. The maximum absolute atomic E-state index is 5.40. The molecule has 3 rings (SSSR count). The number of nitrogens with one attached hydrogen (secondary N) is 1. The van der Waals surface area contributed by atoms with Crippen LogP contribution in [-0.4, -0.2) is 22.7 Å². The van der Waals surface area contributed by atoms with Gasteiger partial charge in [0, 0.05) is 28.8 Å². The summed E-state index contributed by atoms with van der Waals surface area (Å²) < 4.78 is 8.55. The van der Waals surface area contributed by atoms with Crippen LogP contribution in [0.4, 0.5) is 0 Å². The summed E-state index contributed by atoms with van der Waals surface area (Å²) in [5.41, 5.74) is 2.23. The Kier molecular flexibility index (Phi) is 4.08. The normalized spacial score (nSPS) is 14.5. The van der Waals surface area contributed by atoms with Crippen molar-refractivity contribution in [3.63, 3.8) is 0 Å². The summed E-state index contributed by atoms with van der Waals surface area (Å²) in [6, 6.07) is 6.76. The van der Waals surface area contributed by atoms with Crippen LogP contribution in [-0.2, 0) is 13.1 Å². The van der Waals surface area contributed by atoms with Gasteiger partial charge in [-0.25, -0.2) is 4.98 Å². The number of ether oxygens (including phenoxy) is 1. The third-order valence-electron chi connectivity index (χ3n) is 3.43. The van der Waals surface area contributed by atoms with Crippen LogP contribution >= 0.6 is 15.9 Å². The first kappa shape index (κ1) is 13.6. The van der Waals surface area contributed by atoms with Gasteiger partial charge in [-0.05, 0) is 31.0 Å². The molecule has 1 aliphatic rings. The smallest absolute Gasteiger partial charge is 0.123 e. The lowest BCUT2D eigenvalue weighted by Crippen LogP contribution is -2.15. The zero-order chi connectivity index (χ0) is 13.9. The molecular formula is C15H18BrN3O. The molecule has 0 saturated heterocycles. The molecule has 0 aliphatic heterocycles. The number of rotatable bonds is 6. The highest BCUT2D eigenvalue weighted by Crippen LogP contribution is 2.24. The largest absolute Gasteiger partial charge is 0.496 e. The lowest BCUT2D eigenvalue weighted by atomic mass is 10.2. The van der Waals surface area contributed by atoms with Crippen LogP contribution in [0.2, 0.25) is 0 Å². The van der Waals surface area contributed by atoms with E-state index in [1.54, 1.807) is 7.11 Å². The predicted octanol–water partition coefficient (Wildman–Crippen LogP) is 2.95. The molecular weight excluding hydrogens is 318 g/mol. The van der Waals surface area contributed by atoms with E-state index in [0.717, 1.165) is 34.6 Å². The second kappa shape index (κ2) is 5.97. The number of methoxy groups -OCH3 is 1. The maximum atomic E-state index is 5.40. The Bertz CT molecular complexity index is 593. The summed E-state index contributed by atoms with van der Waals surface area (Å²) >= 11 is 3.50. The highest BCUT2D eigenvalue weighted by molar-refractivity contribution is 9.10. The van der Waals surface area contributed by atoms with Crippen LogP contribution in [0.3, 0.4) is 0 Å². The van der Waals surface area contributed by atoms with Crippen molar-refractivity contribution in [3.05, 3.63) is 46.5 Å². The minimum absolute atomic E-state index is 0.713. The van der Waals surface area contributed by atoms with Gasteiger partial charge in [-0.3, -0.25) is 0 Å². The van der Waals surface area contributed by atoms with Crippen molar-refractivity contribution in [1.82, 2.24) is 14.9 Å². The molecule has 0 spiro atoms. The first-order valence-corrected chi connectivity index (χ1v) is 7.60.